The summed E-state index contributed by atoms with van der Waals surface area (Å²) in [5.74, 6) is 5.46. The fraction of sp³-hybridized carbons (Fsp3) is 0.0909. The van der Waals surface area contributed by atoms with Crippen LogP contribution in [0, 0.1) is 6.92 Å². The molecule has 0 aliphatic rings. The summed E-state index contributed by atoms with van der Waals surface area (Å²) in [5, 5.41) is 1.72. The maximum Gasteiger partial charge on any atom is 0.281 e. The van der Waals surface area contributed by atoms with Crippen LogP contribution in [0.4, 0.5) is 11.5 Å². The van der Waals surface area contributed by atoms with E-state index >= 15 is 0 Å². The van der Waals surface area contributed by atoms with Crippen molar-refractivity contribution in [2.75, 3.05) is 10.1 Å². The van der Waals surface area contributed by atoms with E-state index in [9.17, 15) is 8.42 Å². The number of aryl methyl sites for hydroxylation is 1. The van der Waals surface area contributed by atoms with E-state index in [1.54, 1.807) is 30.6 Å². The summed E-state index contributed by atoms with van der Waals surface area (Å²) in [7, 11) is -3.84. The number of sulfonamides is 1. The molecule has 3 rings (SSSR count). The van der Waals surface area contributed by atoms with Gasteiger partial charge in [0.2, 0.25) is 5.03 Å². The number of anilines is 2. The number of pyridine rings is 1. The molecule has 110 valence electrons. The summed E-state index contributed by atoms with van der Waals surface area (Å²) in [6.07, 6.45) is 3.16. The predicted molar refractivity (Wildman–Crippen MR) is 80.7 cm³/mol. The Hall–Kier alpha value is -2.17. The first-order valence-electron chi connectivity index (χ1n) is 5.89. The van der Waals surface area contributed by atoms with Crippen LogP contribution in [0.1, 0.15) is 5.69 Å². The van der Waals surface area contributed by atoms with E-state index in [2.05, 4.69) is 20.1 Å². The van der Waals surface area contributed by atoms with Gasteiger partial charge in [-0.2, -0.15) is 13.4 Å². The van der Waals surface area contributed by atoms with E-state index in [4.69, 9.17) is 5.84 Å². The molecule has 0 aliphatic carbocycles. The number of imidazole rings is 1. The van der Waals surface area contributed by atoms with Gasteiger partial charge in [0.15, 0.2) is 10.8 Å². The maximum atomic E-state index is 12.6. The van der Waals surface area contributed by atoms with Gasteiger partial charge in [0.1, 0.15) is 0 Å². The predicted octanol–water partition coefficient (Wildman–Crippen LogP) is 1.19. The van der Waals surface area contributed by atoms with Crippen LogP contribution >= 0.6 is 11.3 Å². The number of nitrogens with two attached hydrogens (primary N) is 1. The first kappa shape index (κ1) is 13.8. The fourth-order valence-corrected chi connectivity index (χ4v) is 4.00. The van der Waals surface area contributed by atoms with Crippen LogP contribution in [-0.2, 0) is 10.0 Å². The topological polar surface area (TPSA) is 114 Å². The molecule has 0 bridgehead atoms. The van der Waals surface area contributed by atoms with Crippen molar-refractivity contribution in [3.05, 3.63) is 35.6 Å². The zero-order chi connectivity index (χ0) is 15.0. The van der Waals surface area contributed by atoms with Crippen LogP contribution in [0.25, 0.3) is 4.96 Å². The van der Waals surface area contributed by atoms with Gasteiger partial charge in [0.05, 0.1) is 5.69 Å². The number of nitrogens with zero attached hydrogens (tertiary/aromatic N) is 3. The van der Waals surface area contributed by atoms with Crippen molar-refractivity contribution in [2.24, 2.45) is 5.84 Å². The maximum absolute atomic E-state index is 12.6. The van der Waals surface area contributed by atoms with Gasteiger partial charge in [-0.05, 0) is 19.1 Å². The minimum absolute atomic E-state index is 0.0317. The number of fused-ring (bicyclic) bond motifs is 1. The van der Waals surface area contributed by atoms with Gasteiger partial charge < -0.3 is 5.43 Å². The minimum Gasteiger partial charge on any atom is -0.306 e. The highest BCUT2D eigenvalue weighted by molar-refractivity contribution is 7.92. The van der Waals surface area contributed by atoms with Crippen molar-refractivity contribution in [3.63, 3.8) is 0 Å². The van der Waals surface area contributed by atoms with Gasteiger partial charge in [-0.15, -0.1) is 11.3 Å². The molecule has 3 aromatic heterocycles. The van der Waals surface area contributed by atoms with Crippen molar-refractivity contribution >= 4 is 37.8 Å². The minimum atomic E-state index is -3.84. The lowest BCUT2D eigenvalue weighted by atomic mass is 10.3. The number of nitrogens with one attached hydrogen (secondary N) is 2. The molecule has 0 aromatic carbocycles. The van der Waals surface area contributed by atoms with Crippen LogP contribution in [0.3, 0.4) is 0 Å². The molecule has 0 spiro atoms. The zero-order valence-corrected chi connectivity index (χ0v) is 12.6. The highest BCUT2D eigenvalue weighted by Gasteiger charge is 2.25. The molecule has 0 amide bonds. The molecular formula is C11H12N6O2S2. The lowest BCUT2D eigenvalue weighted by Gasteiger charge is -2.09. The van der Waals surface area contributed by atoms with Gasteiger partial charge >= 0.3 is 0 Å². The molecule has 3 aromatic rings. The van der Waals surface area contributed by atoms with Gasteiger partial charge in [-0.1, -0.05) is 0 Å². The smallest absolute Gasteiger partial charge is 0.281 e. The quantitative estimate of drug-likeness (QED) is 0.490. The highest BCUT2D eigenvalue weighted by Crippen LogP contribution is 2.26. The van der Waals surface area contributed by atoms with Crippen molar-refractivity contribution in [2.45, 2.75) is 11.9 Å². The van der Waals surface area contributed by atoms with Gasteiger partial charge in [0, 0.05) is 23.5 Å². The Bertz CT molecular complexity index is 898. The summed E-state index contributed by atoms with van der Waals surface area (Å²) in [4.78, 5) is 8.69. The Morgan fingerprint density at radius 2 is 2.24 bits per heavy atom. The molecule has 10 heteroatoms. The van der Waals surface area contributed by atoms with E-state index in [1.807, 2.05) is 0 Å². The summed E-state index contributed by atoms with van der Waals surface area (Å²) in [6, 6.07) is 3.21. The number of hydrazine groups is 1. The average Bonchev–Trinajstić information content (AvgIpc) is 2.96. The summed E-state index contributed by atoms with van der Waals surface area (Å²) < 4.78 is 29.1. The van der Waals surface area contributed by atoms with Crippen LogP contribution in [0.5, 0.6) is 0 Å². The molecule has 0 unspecified atom stereocenters. The van der Waals surface area contributed by atoms with E-state index in [-0.39, 0.29) is 10.8 Å². The largest absolute Gasteiger partial charge is 0.306 e. The summed E-state index contributed by atoms with van der Waals surface area (Å²) in [5.41, 5.74) is 3.45. The number of aromatic nitrogens is 3. The molecule has 21 heavy (non-hydrogen) atoms. The van der Waals surface area contributed by atoms with Crippen molar-refractivity contribution in [1.82, 2.24) is 14.4 Å². The molecule has 0 fully saturated rings. The normalized spacial score (nSPS) is 11.7. The lowest BCUT2D eigenvalue weighted by molar-refractivity contribution is 0.597. The van der Waals surface area contributed by atoms with Gasteiger partial charge in [-0.25, -0.2) is 5.84 Å². The Morgan fingerprint density at radius 3 is 2.95 bits per heavy atom. The number of hydrogen-bond acceptors (Lipinski definition) is 7. The SMILES string of the molecule is Cc1cc(NS(=O)(=O)c2c(NN)nc3sccn23)ccn1. The molecule has 8 nitrogen and oxygen atoms in total. The second kappa shape index (κ2) is 4.98. The third-order valence-corrected chi connectivity index (χ3v) is 4.92. The molecule has 3 heterocycles. The molecular weight excluding hydrogens is 312 g/mol. The molecule has 0 aliphatic heterocycles. The van der Waals surface area contributed by atoms with Crippen LogP contribution in [0.2, 0.25) is 0 Å². The zero-order valence-electron chi connectivity index (χ0n) is 10.9. The number of hydrogen-bond donors (Lipinski definition) is 3. The number of rotatable bonds is 4. The number of nitrogen functional groups attached to an aromatic ring is 1. The Kier molecular flexibility index (Phi) is 3.27. The van der Waals surface area contributed by atoms with Crippen molar-refractivity contribution in [3.8, 4) is 0 Å². The highest BCUT2D eigenvalue weighted by atomic mass is 32.2. The summed E-state index contributed by atoms with van der Waals surface area (Å²) >= 11 is 1.32. The monoisotopic (exact) mass is 324 g/mol. The van der Waals surface area contributed by atoms with Crippen molar-refractivity contribution < 1.29 is 8.42 Å². The van der Waals surface area contributed by atoms with Crippen LogP contribution in [0.15, 0.2) is 34.9 Å². The lowest BCUT2D eigenvalue weighted by Crippen LogP contribution is -2.18. The Balaban J connectivity index is 2.09. The molecule has 0 radical (unpaired) electrons. The second-order valence-electron chi connectivity index (χ2n) is 4.26. The Labute approximate surface area is 124 Å². The molecule has 0 atom stereocenters. The molecule has 4 N–H and O–H groups in total. The van der Waals surface area contributed by atoms with Crippen LogP contribution in [-0.4, -0.2) is 22.8 Å². The van der Waals surface area contributed by atoms with E-state index in [0.29, 0.717) is 16.3 Å². The average molecular weight is 324 g/mol. The second-order valence-corrected chi connectivity index (χ2v) is 6.73. The first-order valence-corrected chi connectivity index (χ1v) is 8.25. The molecule has 0 saturated heterocycles. The summed E-state index contributed by atoms with van der Waals surface area (Å²) in [6.45, 7) is 1.78. The van der Waals surface area contributed by atoms with Crippen LogP contribution < -0.4 is 16.0 Å². The van der Waals surface area contributed by atoms with E-state index in [0.717, 1.165) is 0 Å². The van der Waals surface area contributed by atoms with Gasteiger partial charge in [0.25, 0.3) is 10.0 Å². The molecule has 0 saturated carbocycles. The van der Waals surface area contributed by atoms with Gasteiger partial charge in [-0.3, -0.25) is 14.1 Å². The fourth-order valence-electron chi connectivity index (χ4n) is 1.93. The standard InChI is InChI=1S/C11H12N6O2S2/c1-7-6-8(2-3-13-7)16-21(18,19)10-9(15-12)14-11-17(10)4-5-20-11/h2-6,15H,12H2,1H3,(H,13,16). The first-order chi connectivity index (χ1) is 10.0. The van der Waals surface area contributed by atoms with Crippen molar-refractivity contribution in [1.29, 1.82) is 0 Å². The third-order valence-electron chi connectivity index (χ3n) is 2.76. The van der Waals surface area contributed by atoms with E-state index < -0.39 is 10.0 Å². The Morgan fingerprint density at radius 1 is 1.43 bits per heavy atom. The number of thiazole rings is 1. The van der Waals surface area contributed by atoms with E-state index in [1.165, 1.54) is 21.9 Å². The third kappa shape index (κ3) is 2.44.